The lowest BCUT2D eigenvalue weighted by atomic mass is 10.1. The molecule has 0 saturated heterocycles. The molecule has 0 atom stereocenters. The van der Waals surface area contributed by atoms with Crippen molar-refractivity contribution in [2.24, 2.45) is 0 Å². The average Bonchev–Trinajstić information content (AvgIpc) is 2.42. The van der Waals surface area contributed by atoms with Gasteiger partial charge in [-0.05, 0) is 53.3 Å². The number of carboxylic acid groups (broad SMARTS) is 1. The summed E-state index contributed by atoms with van der Waals surface area (Å²) < 4.78 is 6.26. The molecule has 0 saturated carbocycles. The van der Waals surface area contributed by atoms with Crippen LogP contribution in [0.2, 0.25) is 0 Å². The highest BCUT2D eigenvalue weighted by atomic mass is 127. The maximum Gasteiger partial charge on any atom is 0.339 e. The summed E-state index contributed by atoms with van der Waals surface area (Å²) >= 11 is 1.98. The maximum absolute atomic E-state index is 11.3. The Morgan fingerprint density at radius 1 is 1.33 bits per heavy atom. The SMILES string of the molecule is Cc1cccc([N+](=O)[O-])c1Oc1ccc(I)cc1C(=O)O. The lowest BCUT2D eigenvalue weighted by Crippen LogP contribution is -2.02. The Morgan fingerprint density at radius 3 is 2.67 bits per heavy atom. The first-order valence-electron chi connectivity index (χ1n) is 5.85. The molecular formula is C14H10INO5. The number of carboxylic acids is 1. The Morgan fingerprint density at radius 2 is 2.05 bits per heavy atom. The first-order chi connectivity index (χ1) is 9.90. The number of ether oxygens (including phenoxy) is 1. The van der Waals surface area contributed by atoms with Crippen LogP contribution in [-0.2, 0) is 0 Å². The zero-order chi connectivity index (χ0) is 15.6. The van der Waals surface area contributed by atoms with Crippen LogP contribution in [0.5, 0.6) is 11.5 Å². The van der Waals surface area contributed by atoms with Crippen molar-refractivity contribution in [2.45, 2.75) is 6.92 Å². The van der Waals surface area contributed by atoms with Gasteiger partial charge in [0.05, 0.1) is 4.92 Å². The summed E-state index contributed by atoms with van der Waals surface area (Å²) in [4.78, 5) is 21.7. The molecule has 0 aliphatic rings. The number of carbonyl (C=O) groups is 1. The van der Waals surface area contributed by atoms with E-state index in [9.17, 15) is 20.0 Å². The van der Waals surface area contributed by atoms with E-state index in [-0.39, 0.29) is 22.7 Å². The van der Waals surface area contributed by atoms with Gasteiger partial charge < -0.3 is 9.84 Å². The first-order valence-corrected chi connectivity index (χ1v) is 6.92. The van der Waals surface area contributed by atoms with Gasteiger partial charge in [-0.15, -0.1) is 0 Å². The minimum absolute atomic E-state index is 0.0422. The van der Waals surface area contributed by atoms with Crippen LogP contribution in [0.15, 0.2) is 36.4 Å². The number of aryl methyl sites for hydroxylation is 1. The van der Waals surface area contributed by atoms with Crippen molar-refractivity contribution in [2.75, 3.05) is 0 Å². The van der Waals surface area contributed by atoms with E-state index in [1.165, 1.54) is 18.2 Å². The standard InChI is InChI=1S/C14H10INO5/c1-8-3-2-4-11(16(19)20)13(8)21-12-6-5-9(15)7-10(12)14(17)18/h2-7H,1H3,(H,17,18). The van der Waals surface area contributed by atoms with Gasteiger partial charge in [0.25, 0.3) is 0 Å². The van der Waals surface area contributed by atoms with E-state index in [0.29, 0.717) is 5.56 Å². The predicted molar refractivity (Wildman–Crippen MR) is 84.0 cm³/mol. The van der Waals surface area contributed by atoms with Gasteiger partial charge in [0, 0.05) is 9.64 Å². The van der Waals surface area contributed by atoms with Gasteiger partial charge in [-0.2, -0.15) is 0 Å². The summed E-state index contributed by atoms with van der Waals surface area (Å²) in [6, 6.07) is 9.13. The lowest BCUT2D eigenvalue weighted by molar-refractivity contribution is -0.385. The number of hydrogen-bond donors (Lipinski definition) is 1. The quantitative estimate of drug-likeness (QED) is 0.477. The molecule has 0 heterocycles. The summed E-state index contributed by atoms with van der Waals surface area (Å²) in [5.41, 5.74) is 0.309. The molecule has 0 amide bonds. The third kappa shape index (κ3) is 3.30. The summed E-state index contributed by atoms with van der Waals surface area (Å²) in [6.07, 6.45) is 0. The van der Waals surface area contributed by atoms with Crippen molar-refractivity contribution in [1.82, 2.24) is 0 Å². The molecular weight excluding hydrogens is 389 g/mol. The Labute approximate surface area is 133 Å². The van der Waals surface area contributed by atoms with Crippen molar-refractivity contribution in [1.29, 1.82) is 0 Å². The summed E-state index contributed by atoms with van der Waals surface area (Å²) in [5.74, 6) is -1.04. The first kappa shape index (κ1) is 15.2. The van der Waals surface area contributed by atoms with Gasteiger partial charge in [0.2, 0.25) is 5.75 Å². The highest BCUT2D eigenvalue weighted by Crippen LogP contribution is 2.36. The minimum atomic E-state index is -1.15. The van der Waals surface area contributed by atoms with E-state index in [1.807, 2.05) is 22.6 Å². The molecule has 108 valence electrons. The van der Waals surface area contributed by atoms with Gasteiger partial charge in [0.1, 0.15) is 11.3 Å². The zero-order valence-electron chi connectivity index (χ0n) is 10.9. The van der Waals surface area contributed by atoms with E-state index in [0.717, 1.165) is 3.57 Å². The Hall–Kier alpha value is -2.16. The summed E-state index contributed by atoms with van der Waals surface area (Å²) in [7, 11) is 0. The van der Waals surface area contributed by atoms with Crippen LogP contribution < -0.4 is 4.74 Å². The molecule has 0 unspecified atom stereocenters. The molecule has 0 aromatic heterocycles. The number of hydrogen-bond acceptors (Lipinski definition) is 4. The van der Waals surface area contributed by atoms with Crippen LogP contribution in [0.25, 0.3) is 0 Å². The number of rotatable bonds is 4. The van der Waals surface area contributed by atoms with E-state index in [1.54, 1.807) is 25.1 Å². The normalized spacial score (nSPS) is 10.2. The minimum Gasteiger partial charge on any atom is -0.478 e. The van der Waals surface area contributed by atoms with E-state index in [2.05, 4.69) is 0 Å². The largest absolute Gasteiger partial charge is 0.478 e. The van der Waals surface area contributed by atoms with E-state index < -0.39 is 10.9 Å². The maximum atomic E-state index is 11.3. The van der Waals surface area contributed by atoms with Crippen LogP contribution in [0.1, 0.15) is 15.9 Å². The predicted octanol–water partition coefficient (Wildman–Crippen LogP) is 4.00. The van der Waals surface area contributed by atoms with Gasteiger partial charge in [-0.1, -0.05) is 12.1 Å². The van der Waals surface area contributed by atoms with Crippen molar-refractivity contribution in [3.8, 4) is 11.5 Å². The fraction of sp³-hybridized carbons (Fsp3) is 0.0714. The average molecular weight is 399 g/mol. The number of para-hydroxylation sites is 1. The monoisotopic (exact) mass is 399 g/mol. The molecule has 0 spiro atoms. The highest BCUT2D eigenvalue weighted by Gasteiger charge is 2.20. The lowest BCUT2D eigenvalue weighted by Gasteiger charge is -2.11. The van der Waals surface area contributed by atoms with E-state index in [4.69, 9.17) is 4.74 Å². The molecule has 2 aromatic carbocycles. The molecule has 0 fully saturated rings. The van der Waals surface area contributed by atoms with Crippen molar-refractivity contribution < 1.29 is 19.6 Å². The number of nitro benzene ring substituents is 1. The number of halogens is 1. The smallest absolute Gasteiger partial charge is 0.339 e. The third-order valence-electron chi connectivity index (χ3n) is 2.77. The van der Waals surface area contributed by atoms with Crippen molar-refractivity contribution in [3.05, 3.63) is 61.2 Å². The van der Waals surface area contributed by atoms with Crippen molar-refractivity contribution >= 4 is 34.2 Å². The number of nitro groups is 1. The van der Waals surface area contributed by atoms with Gasteiger partial charge in [-0.3, -0.25) is 10.1 Å². The summed E-state index contributed by atoms with van der Waals surface area (Å²) in [5, 5.41) is 20.2. The molecule has 7 heteroatoms. The molecule has 1 N–H and O–H groups in total. The Balaban J connectivity index is 2.53. The number of nitrogens with zero attached hydrogens (tertiary/aromatic N) is 1. The van der Waals surface area contributed by atoms with Crippen LogP contribution in [0.3, 0.4) is 0 Å². The number of benzene rings is 2. The van der Waals surface area contributed by atoms with Crippen molar-refractivity contribution in [3.63, 3.8) is 0 Å². The van der Waals surface area contributed by atoms with Gasteiger partial charge >= 0.3 is 11.7 Å². The zero-order valence-corrected chi connectivity index (χ0v) is 13.0. The van der Waals surface area contributed by atoms with Crippen LogP contribution in [0, 0.1) is 20.6 Å². The summed E-state index contributed by atoms with van der Waals surface area (Å²) in [6.45, 7) is 1.66. The number of aromatic carboxylic acids is 1. The molecule has 0 bridgehead atoms. The molecule has 6 nitrogen and oxygen atoms in total. The fourth-order valence-corrected chi connectivity index (χ4v) is 2.27. The molecule has 0 aliphatic heterocycles. The Kier molecular flexibility index (Phi) is 4.41. The second kappa shape index (κ2) is 6.08. The molecule has 2 rings (SSSR count). The van der Waals surface area contributed by atoms with Crippen LogP contribution >= 0.6 is 22.6 Å². The Bertz CT molecular complexity index is 729. The molecule has 0 radical (unpaired) electrons. The van der Waals surface area contributed by atoms with Crippen LogP contribution in [-0.4, -0.2) is 16.0 Å². The highest BCUT2D eigenvalue weighted by molar-refractivity contribution is 14.1. The third-order valence-corrected chi connectivity index (χ3v) is 3.44. The van der Waals surface area contributed by atoms with E-state index >= 15 is 0 Å². The molecule has 0 aliphatic carbocycles. The topological polar surface area (TPSA) is 89.7 Å². The van der Waals surface area contributed by atoms with Gasteiger partial charge in [-0.25, -0.2) is 4.79 Å². The second-order valence-electron chi connectivity index (χ2n) is 4.23. The fourth-order valence-electron chi connectivity index (χ4n) is 1.78. The second-order valence-corrected chi connectivity index (χ2v) is 5.47. The van der Waals surface area contributed by atoms with Crippen LogP contribution in [0.4, 0.5) is 5.69 Å². The van der Waals surface area contributed by atoms with Gasteiger partial charge in [0.15, 0.2) is 0 Å². The molecule has 21 heavy (non-hydrogen) atoms. The molecule has 2 aromatic rings.